The molecule has 1 aromatic heterocycles. The molecule has 2 rings (SSSR count). The smallest absolute Gasteiger partial charge is 0.342 e. The fourth-order valence-corrected chi connectivity index (χ4v) is 2.28. The van der Waals surface area contributed by atoms with Crippen LogP contribution >= 0.6 is 0 Å². The van der Waals surface area contributed by atoms with E-state index >= 15 is 0 Å². The van der Waals surface area contributed by atoms with E-state index in [1.54, 1.807) is 0 Å². The van der Waals surface area contributed by atoms with Crippen molar-refractivity contribution >= 4 is 5.82 Å². The van der Waals surface area contributed by atoms with Crippen LogP contribution in [-0.4, -0.2) is 39.5 Å². The van der Waals surface area contributed by atoms with E-state index in [9.17, 15) is 9.59 Å². The first-order valence-corrected chi connectivity index (χ1v) is 5.79. The molecule has 1 fully saturated rings. The third-order valence-corrected chi connectivity index (χ3v) is 3.04. The molecule has 0 aliphatic carbocycles. The van der Waals surface area contributed by atoms with Gasteiger partial charge in [-0.1, -0.05) is 0 Å². The zero-order valence-electron chi connectivity index (χ0n) is 9.48. The third kappa shape index (κ3) is 2.55. The van der Waals surface area contributed by atoms with Crippen molar-refractivity contribution in [3.63, 3.8) is 0 Å². The van der Waals surface area contributed by atoms with Gasteiger partial charge in [0.25, 0.3) is 5.56 Å². The topological polar surface area (TPSA) is 102 Å². The van der Waals surface area contributed by atoms with E-state index in [1.165, 1.54) is 0 Å². The second kappa shape index (κ2) is 5.13. The van der Waals surface area contributed by atoms with E-state index < -0.39 is 11.2 Å². The van der Waals surface area contributed by atoms with Gasteiger partial charge in [-0.2, -0.15) is 0 Å². The lowest BCUT2D eigenvalue weighted by Gasteiger charge is -2.23. The van der Waals surface area contributed by atoms with Crippen LogP contribution in [-0.2, 0) is 0 Å². The van der Waals surface area contributed by atoms with Gasteiger partial charge in [0.1, 0.15) is 0 Å². The highest BCUT2D eigenvalue weighted by atomic mass is 16.3. The Balaban J connectivity index is 2.20. The monoisotopic (exact) mass is 240 g/mol. The van der Waals surface area contributed by atoms with Crippen molar-refractivity contribution in [3.05, 3.63) is 20.8 Å². The number of aromatic amines is 2. The molecule has 1 aliphatic heterocycles. The fourth-order valence-electron chi connectivity index (χ4n) is 2.28. The first-order valence-electron chi connectivity index (χ1n) is 5.79. The largest absolute Gasteiger partial charge is 0.396 e. The van der Waals surface area contributed by atoms with Crippen LogP contribution in [0.3, 0.4) is 0 Å². The second-order valence-corrected chi connectivity index (χ2v) is 4.19. The highest BCUT2D eigenvalue weighted by molar-refractivity contribution is 5.37. The Morgan fingerprint density at radius 2 is 2.29 bits per heavy atom. The Morgan fingerprint density at radius 3 is 3.00 bits per heavy atom. The van der Waals surface area contributed by atoms with Crippen LogP contribution in [0, 0.1) is 0 Å². The lowest BCUT2D eigenvalue weighted by atomic mass is 10.1. The summed E-state index contributed by atoms with van der Waals surface area (Å²) >= 11 is 0. The zero-order valence-corrected chi connectivity index (χ0v) is 9.48. The Morgan fingerprint density at radius 1 is 1.47 bits per heavy atom. The number of hydrogen-bond donors (Lipinski definition) is 3. The number of hydrogen-bond acceptors (Lipinski definition) is 5. The summed E-state index contributed by atoms with van der Waals surface area (Å²) in [5.41, 5.74) is -1.05. The van der Waals surface area contributed by atoms with Crippen molar-refractivity contribution in [1.29, 1.82) is 0 Å². The molecule has 94 valence electrons. The summed E-state index contributed by atoms with van der Waals surface area (Å²) in [6.07, 6.45) is 3.52. The SMILES string of the molecule is O=c1[nH]nc(N2CCCC2CCCO)c(=O)[nH]1. The normalized spacial score (nSPS) is 19.8. The molecule has 3 N–H and O–H groups in total. The van der Waals surface area contributed by atoms with Crippen molar-refractivity contribution in [2.24, 2.45) is 0 Å². The number of anilines is 1. The molecule has 1 aliphatic rings. The molecule has 7 heteroatoms. The van der Waals surface area contributed by atoms with E-state index in [4.69, 9.17) is 5.11 Å². The van der Waals surface area contributed by atoms with Crippen LogP contribution in [0.15, 0.2) is 9.59 Å². The Bertz CT molecular complexity index is 481. The summed E-state index contributed by atoms with van der Waals surface area (Å²) in [6, 6.07) is 0.224. The molecule has 1 saturated heterocycles. The summed E-state index contributed by atoms with van der Waals surface area (Å²) in [6.45, 7) is 0.915. The maximum Gasteiger partial charge on any atom is 0.342 e. The number of aliphatic hydroxyl groups excluding tert-OH is 1. The third-order valence-electron chi connectivity index (χ3n) is 3.04. The summed E-state index contributed by atoms with van der Waals surface area (Å²) in [5, 5.41) is 14.9. The highest BCUT2D eigenvalue weighted by Gasteiger charge is 2.27. The maximum absolute atomic E-state index is 11.6. The number of nitrogens with zero attached hydrogens (tertiary/aromatic N) is 2. The molecule has 0 radical (unpaired) electrons. The summed E-state index contributed by atoms with van der Waals surface area (Å²) in [7, 11) is 0. The summed E-state index contributed by atoms with van der Waals surface area (Å²) in [4.78, 5) is 26.6. The van der Waals surface area contributed by atoms with Crippen molar-refractivity contribution in [2.75, 3.05) is 18.1 Å². The molecule has 1 aromatic rings. The van der Waals surface area contributed by atoms with Crippen LogP contribution in [0.4, 0.5) is 5.82 Å². The lowest BCUT2D eigenvalue weighted by Crippen LogP contribution is -2.37. The molecule has 0 amide bonds. The van der Waals surface area contributed by atoms with E-state index in [0.717, 1.165) is 25.8 Å². The molecule has 1 atom stereocenters. The number of aromatic nitrogens is 3. The van der Waals surface area contributed by atoms with Gasteiger partial charge in [-0.25, -0.2) is 9.89 Å². The van der Waals surface area contributed by atoms with Crippen LogP contribution in [0.5, 0.6) is 0 Å². The second-order valence-electron chi connectivity index (χ2n) is 4.19. The van der Waals surface area contributed by atoms with E-state index in [-0.39, 0.29) is 18.5 Å². The summed E-state index contributed by atoms with van der Waals surface area (Å²) < 4.78 is 0. The standard InChI is InChI=1S/C10H16N4O3/c15-6-2-4-7-3-1-5-14(7)8-9(16)11-10(17)13-12-8/h7,15H,1-6H2,(H2,11,13,16,17). The van der Waals surface area contributed by atoms with E-state index in [1.807, 2.05) is 4.90 Å². The van der Waals surface area contributed by atoms with E-state index in [2.05, 4.69) is 15.2 Å². The average Bonchev–Trinajstić information content (AvgIpc) is 2.74. The fraction of sp³-hybridized carbons (Fsp3) is 0.700. The molecule has 17 heavy (non-hydrogen) atoms. The first-order chi connectivity index (χ1) is 8.22. The van der Waals surface area contributed by atoms with Crippen molar-refractivity contribution in [1.82, 2.24) is 15.2 Å². The number of aliphatic hydroxyl groups is 1. The van der Waals surface area contributed by atoms with Gasteiger partial charge in [-0.3, -0.25) is 9.78 Å². The molecule has 2 heterocycles. The van der Waals surface area contributed by atoms with Gasteiger partial charge >= 0.3 is 5.69 Å². The molecule has 7 nitrogen and oxygen atoms in total. The number of nitrogens with one attached hydrogen (secondary N) is 2. The van der Waals surface area contributed by atoms with Crippen LogP contribution in [0.25, 0.3) is 0 Å². The average molecular weight is 240 g/mol. The van der Waals surface area contributed by atoms with Crippen LogP contribution < -0.4 is 16.1 Å². The Kier molecular flexibility index (Phi) is 3.58. The van der Waals surface area contributed by atoms with Gasteiger partial charge in [0, 0.05) is 19.2 Å². The minimum atomic E-state index is -0.593. The minimum Gasteiger partial charge on any atom is -0.396 e. The molecule has 0 spiro atoms. The van der Waals surface area contributed by atoms with Gasteiger partial charge in [0.15, 0.2) is 0 Å². The minimum absolute atomic E-state index is 0.153. The van der Waals surface area contributed by atoms with Crippen LogP contribution in [0.1, 0.15) is 25.7 Å². The number of rotatable bonds is 4. The molecule has 0 saturated carbocycles. The van der Waals surface area contributed by atoms with Gasteiger partial charge in [0.2, 0.25) is 5.82 Å². The van der Waals surface area contributed by atoms with E-state index in [0.29, 0.717) is 6.42 Å². The zero-order chi connectivity index (χ0) is 12.3. The van der Waals surface area contributed by atoms with Gasteiger partial charge in [0.05, 0.1) is 0 Å². The lowest BCUT2D eigenvalue weighted by molar-refractivity contribution is 0.279. The number of H-pyrrole nitrogens is 2. The van der Waals surface area contributed by atoms with Crippen LogP contribution in [0.2, 0.25) is 0 Å². The summed E-state index contributed by atoms with van der Waals surface area (Å²) in [5.74, 6) is 0.269. The Labute approximate surface area is 97.5 Å². The molecule has 1 unspecified atom stereocenters. The van der Waals surface area contributed by atoms with Crippen molar-refractivity contribution in [3.8, 4) is 0 Å². The quantitative estimate of drug-likeness (QED) is 0.639. The molecular formula is C10H16N4O3. The van der Waals surface area contributed by atoms with Gasteiger partial charge < -0.3 is 10.0 Å². The predicted molar refractivity (Wildman–Crippen MR) is 62.2 cm³/mol. The Hall–Kier alpha value is -1.63. The van der Waals surface area contributed by atoms with Gasteiger partial charge in [-0.05, 0) is 25.7 Å². The van der Waals surface area contributed by atoms with Crippen molar-refractivity contribution in [2.45, 2.75) is 31.7 Å². The molecule has 0 aromatic carbocycles. The van der Waals surface area contributed by atoms with Gasteiger partial charge in [-0.15, -0.1) is 5.10 Å². The predicted octanol–water partition coefficient (Wildman–Crippen LogP) is -0.801. The molecular weight excluding hydrogens is 224 g/mol. The van der Waals surface area contributed by atoms with Crippen molar-refractivity contribution < 1.29 is 5.11 Å². The highest BCUT2D eigenvalue weighted by Crippen LogP contribution is 2.23. The first kappa shape index (κ1) is 11.8. The molecule has 0 bridgehead atoms. The maximum atomic E-state index is 11.6.